The van der Waals surface area contributed by atoms with Gasteiger partial charge in [0.1, 0.15) is 24.5 Å². The smallest absolute Gasteiger partial charge is 0.137 e. The van der Waals surface area contributed by atoms with Crippen LogP contribution in [-0.4, -0.2) is 20.2 Å². The first kappa shape index (κ1) is 19.9. The van der Waals surface area contributed by atoms with Gasteiger partial charge in [0.25, 0.3) is 0 Å². The molecule has 5 heteroatoms. The number of pyridine rings is 1. The second kappa shape index (κ2) is 9.43. The lowest BCUT2D eigenvalue weighted by Gasteiger charge is -2.09. The molecular formula is C27H24N4O. The number of ether oxygens (including phenoxy) is 1. The van der Waals surface area contributed by atoms with Crippen LogP contribution in [0.15, 0.2) is 91.3 Å². The topological polar surface area (TPSA) is 63.7 Å². The zero-order chi connectivity index (χ0) is 21.6. The van der Waals surface area contributed by atoms with Gasteiger partial charge in [-0.3, -0.25) is 5.10 Å². The van der Waals surface area contributed by atoms with Crippen molar-refractivity contribution < 1.29 is 4.74 Å². The van der Waals surface area contributed by atoms with Gasteiger partial charge < -0.3 is 4.74 Å². The van der Waals surface area contributed by atoms with E-state index in [-0.39, 0.29) is 0 Å². The Labute approximate surface area is 187 Å². The zero-order valence-corrected chi connectivity index (χ0v) is 17.7. The highest BCUT2D eigenvalue weighted by atomic mass is 16.5. The third kappa shape index (κ3) is 5.01. The molecule has 158 valence electrons. The lowest BCUT2D eigenvalue weighted by atomic mass is 10.0. The van der Waals surface area contributed by atoms with Gasteiger partial charge >= 0.3 is 0 Å². The van der Waals surface area contributed by atoms with Crippen LogP contribution in [0.3, 0.4) is 0 Å². The van der Waals surface area contributed by atoms with E-state index in [0.717, 1.165) is 47.4 Å². The second-order valence-electron chi connectivity index (χ2n) is 7.86. The monoisotopic (exact) mass is 420 g/mol. The molecule has 3 aromatic carbocycles. The summed E-state index contributed by atoms with van der Waals surface area (Å²) in [5.74, 6) is 1.75. The van der Waals surface area contributed by atoms with E-state index in [0.29, 0.717) is 6.61 Å². The normalized spacial score (nSPS) is 11.0. The van der Waals surface area contributed by atoms with Gasteiger partial charge in [0, 0.05) is 11.8 Å². The van der Waals surface area contributed by atoms with Crippen molar-refractivity contribution >= 4 is 10.9 Å². The third-order valence-electron chi connectivity index (χ3n) is 5.47. The first-order valence-electron chi connectivity index (χ1n) is 10.8. The number of benzene rings is 3. The van der Waals surface area contributed by atoms with Gasteiger partial charge in [-0.2, -0.15) is 5.10 Å². The molecule has 5 rings (SSSR count). The number of hydrogen-bond donors (Lipinski definition) is 1. The van der Waals surface area contributed by atoms with Gasteiger partial charge in [-0.1, -0.05) is 60.7 Å². The average Bonchev–Trinajstić information content (AvgIpc) is 3.35. The maximum Gasteiger partial charge on any atom is 0.137 e. The van der Waals surface area contributed by atoms with Crippen molar-refractivity contribution in [3.05, 3.63) is 119 Å². The number of rotatable bonds is 8. The summed E-state index contributed by atoms with van der Waals surface area (Å²) in [6, 6.07) is 29.2. The predicted molar refractivity (Wildman–Crippen MR) is 126 cm³/mol. The molecule has 0 saturated carbocycles. The largest absolute Gasteiger partial charge is 0.487 e. The number of para-hydroxylation sites is 1. The molecule has 0 radical (unpaired) electrons. The predicted octanol–water partition coefficient (Wildman–Crippen LogP) is 5.31. The number of aromatic amines is 1. The van der Waals surface area contributed by atoms with Crippen LogP contribution in [-0.2, 0) is 25.9 Å². The fourth-order valence-corrected chi connectivity index (χ4v) is 3.83. The minimum atomic E-state index is 0.456. The molecule has 5 aromatic rings. The molecule has 0 spiro atoms. The summed E-state index contributed by atoms with van der Waals surface area (Å²) >= 11 is 0. The molecule has 0 aliphatic carbocycles. The lowest BCUT2D eigenvalue weighted by Crippen LogP contribution is -1.99. The highest BCUT2D eigenvalue weighted by Gasteiger charge is 2.04. The first-order valence-corrected chi connectivity index (χ1v) is 10.8. The third-order valence-corrected chi connectivity index (χ3v) is 5.47. The molecule has 0 aliphatic rings. The molecule has 0 aliphatic heterocycles. The molecule has 2 aromatic heterocycles. The molecule has 0 bridgehead atoms. The van der Waals surface area contributed by atoms with E-state index >= 15 is 0 Å². The van der Waals surface area contributed by atoms with Crippen LogP contribution in [0.2, 0.25) is 0 Å². The Morgan fingerprint density at radius 1 is 0.750 bits per heavy atom. The summed E-state index contributed by atoms with van der Waals surface area (Å²) < 4.78 is 6.03. The van der Waals surface area contributed by atoms with E-state index in [2.05, 4.69) is 74.8 Å². The highest BCUT2D eigenvalue weighted by molar-refractivity contribution is 5.78. The Bertz CT molecular complexity index is 1310. The van der Waals surface area contributed by atoms with Crippen molar-refractivity contribution in [2.24, 2.45) is 0 Å². The maximum atomic E-state index is 6.03. The van der Waals surface area contributed by atoms with E-state index in [1.807, 2.05) is 30.3 Å². The van der Waals surface area contributed by atoms with E-state index in [4.69, 9.17) is 4.74 Å². The lowest BCUT2D eigenvalue weighted by molar-refractivity contribution is 0.301. The quantitative estimate of drug-likeness (QED) is 0.370. The number of hydrogen-bond acceptors (Lipinski definition) is 4. The average molecular weight is 421 g/mol. The minimum Gasteiger partial charge on any atom is -0.487 e. The molecule has 0 saturated heterocycles. The number of nitrogens with one attached hydrogen (secondary N) is 1. The fraction of sp³-hybridized carbons (Fsp3) is 0.148. The zero-order valence-electron chi connectivity index (χ0n) is 17.7. The van der Waals surface area contributed by atoms with E-state index < -0.39 is 0 Å². The molecule has 0 atom stereocenters. The number of H-pyrrole nitrogens is 1. The Hall–Kier alpha value is -3.99. The maximum absolute atomic E-state index is 6.03. The molecule has 0 fully saturated rings. The van der Waals surface area contributed by atoms with Crippen molar-refractivity contribution in [1.29, 1.82) is 0 Å². The van der Waals surface area contributed by atoms with Gasteiger partial charge in [0.2, 0.25) is 0 Å². The van der Waals surface area contributed by atoms with Crippen LogP contribution in [0.1, 0.15) is 28.2 Å². The van der Waals surface area contributed by atoms with Crippen molar-refractivity contribution in [3.8, 4) is 5.75 Å². The van der Waals surface area contributed by atoms with Crippen molar-refractivity contribution in [3.63, 3.8) is 0 Å². The molecular weight excluding hydrogens is 396 g/mol. The standard InChI is InChI=1S/C27H24N4O/c1-2-10-26-23(8-1)13-14-24(30-26)18-32-25-9-4-6-21(16-25)12-11-20-5-3-7-22(15-20)17-27-28-19-29-31-27/h1-10,13-16,19H,11-12,17-18H2,(H,28,29,31). The van der Waals surface area contributed by atoms with Crippen molar-refractivity contribution in [2.75, 3.05) is 0 Å². The summed E-state index contributed by atoms with van der Waals surface area (Å²) in [6.07, 6.45) is 4.24. The summed E-state index contributed by atoms with van der Waals surface area (Å²) in [7, 11) is 0. The van der Waals surface area contributed by atoms with Crippen LogP contribution in [0, 0.1) is 0 Å². The Balaban J connectivity index is 1.19. The number of aryl methyl sites for hydroxylation is 2. The Kier molecular flexibility index (Phi) is 5.88. The molecule has 0 amide bonds. The molecule has 32 heavy (non-hydrogen) atoms. The Morgan fingerprint density at radius 2 is 1.56 bits per heavy atom. The molecule has 2 heterocycles. The van der Waals surface area contributed by atoms with Crippen LogP contribution < -0.4 is 4.74 Å². The highest BCUT2D eigenvalue weighted by Crippen LogP contribution is 2.18. The van der Waals surface area contributed by atoms with Gasteiger partial charge in [-0.05, 0) is 53.8 Å². The summed E-state index contributed by atoms with van der Waals surface area (Å²) in [5, 5.41) is 7.98. The van der Waals surface area contributed by atoms with Crippen molar-refractivity contribution in [1.82, 2.24) is 20.2 Å². The summed E-state index contributed by atoms with van der Waals surface area (Å²) in [5.41, 5.74) is 5.73. The second-order valence-corrected chi connectivity index (χ2v) is 7.86. The van der Waals surface area contributed by atoms with Gasteiger partial charge in [0.05, 0.1) is 11.2 Å². The van der Waals surface area contributed by atoms with Crippen LogP contribution >= 0.6 is 0 Å². The van der Waals surface area contributed by atoms with Crippen molar-refractivity contribution in [2.45, 2.75) is 25.9 Å². The van der Waals surface area contributed by atoms with E-state index in [9.17, 15) is 0 Å². The molecule has 0 unspecified atom stereocenters. The fourth-order valence-electron chi connectivity index (χ4n) is 3.83. The number of nitrogens with zero attached hydrogens (tertiary/aromatic N) is 3. The number of fused-ring (bicyclic) bond motifs is 1. The van der Waals surface area contributed by atoms with E-state index in [1.54, 1.807) is 6.33 Å². The summed E-state index contributed by atoms with van der Waals surface area (Å²) in [4.78, 5) is 8.90. The minimum absolute atomic E-state index is 0.456. The summed E-state index contributed by atoms with van der Waals surface area (Å²) in [6.45, 7) is 0.456. The van der Waals surface area contributed by atoms with Gasteiger partial charge in [-0.15, -0.1) is 0 Å². The number of aromatic nitrogens is 4. The first-order chi connectivity index (χ1) is 15.8. The van der Waals surface area contributed by atoms with Gasteiger partial charge in [0.15, 0.2) is 0 Å². The molecule has 5 nitrogen and oxygen atoms in total. The van der Waals surface area contributed by atoms with E-state index in [1.165, 1.54) is 16.7 Å². The Morgan fingerprint density at radius 3 is 2.44 bits per heavy atom. The van der Waals surface area contributed by atoms with Gasteiger partial charge in [-0.25, -0.2) is 9.97 Å². The van der Waals surface area contributed by atoms with Crippen LogP contribution in [0.4, 0.5) is 0 Å². The molecule has 1 N–H and O–H groups in total. The van der Waals surface area contributed by atoms with Crippen LogP contribution in [0.5, 0.6) is 5.75 Å². The SMILES string of the molecule is c1cc(CCc2cccc(OCc3ccc4ccccc4n3)c2)cc(Cc2ncn[nH]2)c1. The van der Waals surface area contributed by atoms with Crippen LogP contribution in [0.25, 0.3) is 10.9 Å².